The van der Waals surface area contributed by atoms with Crippen LogP contribution in [0.15, 0.2) is 9.59 Å². The number of aliphatic hydroxyl groups excluding tert-OH is 3. The summed E-state index contributed by atoms with van der Waals surface area (Å²) in [4.78, 5) is 35.6. The van der Waals surface area contributed by atoms with Crippen molar-refractivity contribution < 1.29 is 25.2 Å². The van der Waals surface area contributed by atoms with E-state index in [0.29, 0.717) is 0 Å². The highest BCUT2D eigenvalue weighted by Crippen LogP contribution is 2.35. The zero-order valence-corrected chi connectivity index (χ0v) is 11.4. The molecule has 0 aromatic carbocycles. The number of fused-ring (bicyclic) bond motifs is 1. The van der Waals surface area contributed by atoms with E-state index in [1.807, 2.05) is 0 Å². The molecule has 1 saturated heterocycles. The normalized spacial score (nSPS) is 30.9. The lowest BCUT2D eigenvalue weighted by Gasteiger charge is -2.24. The van der Waals surface area contributed by atoms with Gasteiger partial charge in [-0.2, -0.15) is 4.98 Å². The molecule has 0 spiro atoms. The molecule has 1 aliphatic rings. The van der Waals surface area contributed by atoms with Gasteiger partial charge in [0.05, 0.1) is 6.61 Å². The lowest BCUT2D eigenvalue weighted by molar-refractivity contribution is -0.242. The van der Waals surface area contributed by atoms with Gasteiger partial charge in [-0.05, 0) is 0 Å². The van der Waals surface area contributed by atoms with Gasteiger partial charge in [-0.25, -0.2) is 4.98 Å². The smallest absolute Gasteiger partial charge is 0.302 e. The molecule has 0 bridgehead atoms. The number of ether oxygens (including phenoxy) is 1. The van der Waals surface area contributed by atoms with Crippen LogP contribution < -0.4 is 16.9 Å². The summed E-state index contributed by atoms with van der Waals surface area (Å²) >= 11 is 0. The second-order valence-electron chi connectivity index (χ2n) is 5.04. The van der Waals surface area contributed by atoms with Crippen LogP contribution in [0.25, 0.3) is 11.2 Å². The molecule has 12 heteroatoms. The molecule has 0 amide bonds. The van der Waals surface area contributed by atoms with Crippen LogP contribution >= 0.6 is 0 Å². The highest BCUT2D eigenvalue weighted by Gasteiger charge is 2.56. The summed E-state index contributed by atoms with van der Waals surface area (Å²) in [5, 5.41) is 39.1. The Morgan fingerprint density at radius 1 is 1.26 bits per heavy atom. The van der Waals surface area contributed by atoms with E-state index in [4.69, 9.17) is 15.6 Å². The number of anilines is 1. The minimum absolute atomic E-state index is 0.133. The van der Waals surface area contributed by atoms with Gasteiger partial charge in [0, 0.05) is 0 Å². The van der Waals surface area contributed by atoms with Gasteiger partial charge in [0.15, 0.2) is 11.2 Å². The Morgan fingerprint density at radius 3 is 2.57 bits per heavy atom. The monoisotopic (exact) mass is 327 g/mol. The second-order valence-corrected chi connectivity index (χ2v) is 5.04. The maximum atomic E-state index is 12.1. The van der Waals surface area contributed by atoms with Gasteiger partial charge in [-0.3, -0.25) is 9.59 Å². The first kappa shape index (κ1) is 15.5. The summed E-state index contributed by atoms with van der Waals surface area (Å²) in [7, 11) is 0. The Kier molecular flexibility index (Phi) is 3.42. The van der Waals surface area contributed by atoms with Crippen molar-refractivity contribution in [2.24, 2.45) is 0 Å². The minimum atomic E-state index is -2.71. The number of aromatic amines is 2. The maximum Gasteiger partial charge on any atom is 0.302 e. The summed E-state index contributed by atoms with van der Waals surface area (Å²) in [5.41, 5.74) is 2.21. The molecule has 12 nitrogen and oxygen atoms in total. The van der Waals surface area contributed by atoms with E-state index in [-0.39, 0.29) is 17.1 Å². The van der Waals surface area contributed by atoms with Crippen LogP contribution in [-0.2, 0) is 10.5 Å². The maximum absolute atomic E-state index is 12.1. The summed E-state index contributed by atoms with van der Waals surface area (Å²) < 4.78 is 4.97. The van der Waals surface area contributed by atoms with Gasteiger partial charge in [-0.1, -0.05) is 0 Å². The Bertz CT molecular complexity index is 879. The van der Waals surface area contributed by atoms with Crippen LogP contribution in [-0.4, -0.2) is 65.3 Å². The minimum Gasteiger partial charge on any atom is -0.394 e. The molecule has 1 fully saturated rings. The molecule has 0 unspecified atom stereocenters. The number of rotatable bonds is 2. The van der Waals surface area contributed by atoms with Crippen molar-refractivity contribution in [1.29, 1.82) is 0 Å². The van der Waals surface area contributed by atoms with Crippen LogP contribution in [0, 0.1) is 0 Å². The number of nitrogens with one attached hydrogen (secondary N) is 2. The number of nitrogens with two attached hydrogens (primary N) is 1. The topological polar surface area (TPSA) is 208 Å². The molecule has 4 atom stereocenters. The van der Waals surface area contributed by atoms with Crippen LogP contribution in [0.5, 0.6) is 0 Å². The van der Waals surface area contributed by atoms with E-state index in [1.165, 1.54) is 0 Å². The molecule has 3 heterocycles. The molecule has 0 aliphatic carbocycles. The quantitative estimate of drug-likeness (QED) is 0.283. The molecule has 0 radical (unpaired) electrons. The van der Waals surface area contributed by atoms with Crippen LogP contribution in [0.1, 0.15) is 5.69 Å². The van der Waals surface area contributed by atoms with Crippen molar-refractivity contribution in [2.75, 3.05) is 12.3 Å². The first-order valence-electron chi connectivity index (χ1n) is 6.45. The lowest BCUT2D eigenvalue weighted by Crippen LogP contribution is -2.45. The fraction of sp³-hybridized carbons (Fsp3) is 0.455. The molecule has 2 aromatic heterocycles. The molecule has 2 aromatic rings. The van der Waals surface area contributed by atoms with Gasteiger partial charge in [-0.15, -0.1) is 0 Å². The molecular weight excluding hydrogens is 314 g/mol. The van der Waals surface area contributed by atoms with E-state index >= 15 is 0 Å². The zero-order chi connectivity index (χ0) is 16.9. The summed E-state index contributed by atoms with van der Waals surface area (Å²) in [6.45, 7) is -0.718. The van der Waals surface area contributed by atoms with Gasteiger partial charge in [0.1, 0.15) is 24.0 Å². The number of nitrogen functional groups attached to an aromatic ring is 1. The molecule has 3 rings (SSSR count). The highest BCUT2D eigenvalue weighted by atomic mass is 16.7. The largest absolute Gasteiger partial charge is 0.394 e. The first-order chi connectivity index (χ1) is 10.8. The Labute approximate surface area is 126 Å². The Balaban J connectivity index is 2.22. The predicted octanol–water partition coefficient (Wildman–Crippen LogP) is -4.15. The number of hydrogen-bond donors (Lipinski definition) is 7. The van der Waals surface area contributed by atoms with Gasteiger partial charge < -0.3 is 40.9 Å². The van der Waals surface area contributed by atoms with E-state index in [0.717, 1.165) is 0 Å². The van der Waals surface area contributed by atoms with Crippen molar-refractivity contribution in [3.63, 3.8) is 0 Å². The molecule has 1 aliphatic heterocycles. The summed E-state index contributed by atoms with van der Waals surface area (Å²) in [6.07, 6.45) is -4.97. The van der Waals surface area contributed by atoms with Gasteiger partial charge in [0.25, 0.3) is 5.56 Å². The predicted molar refractivity (Wildman–Crippen MR) is 73.1 cm³/mol. The molecule has 0 saturated carbocycles. The SMILES string of the molecule is Nc1nc(=O)c2nc([C@]3(O)O[C@H](CO)[C@@H](O)[C@H]3O)c(=O)[nH]c2[nH]1. The van der Waals surface area contributed by atoms with E-state index in [2.05, 4.69) is 19.9 Å². The van der Waals surface area contributed by atoms with Gasteiger partial charge in [0.2, 0.25) is 11.7 Å². The highest BCUT2D eigenvalue weighted by molar-refractivity contribution is 5.69. The lowest BCUT2D eigenvalue weighted by atomic mass is 10.0. The van der Waals surface area contributed by atoms with Crippen molar-refractivity contribution in [2.45, 2.75) is 24.1 Å². The summed E-state index contributed by atoms with van der Waals surface area (Å²) in [5.74, 6) is -2.96. The average molecular weight is 327 g/mol. The van der Waals surface area contributed by atoms with E-state index < -0.39 is 47.5 Å². The first-order valence-corrected chi connectivity index (χ1v) is 6.45. The van der Waals surface area contributed by atoms with Crippen molar-refractivity contribution in [3.05, 3.63) is 26.4 Å². The number of aromatic nitrogens is 4. The average Bonchev–Trinajstić information content (AvgIpc) is 2.71. The summed E-state index contributed by atoms with van der Waals surface area (Å²) in [6, 6.07) is 0. The molecule has 124 valence electrons. The number of hydrogen-bond acceptors (Lipinski definition) is 10. The Morgan fingerprint density at radius 2 is 1.96 bits per heavy atom. The van der Waals surface area contributed by atoms with E-state index in [1.54, 1.807) is 0 Å². The van der Waals surface area contributed by atoms with Gasteiger partial charge >= 0.3 is 5.56 Å². The third-order valence-electron chi connectivity index (χ3n) is 3.55. The number of H-pyrrole nitrogens is 2. The third-order valence-corrected chi connectivity index (χ3v) is 3.55. The Hall–Kier alpha value is -2.38. The zero-order valence-electron chi connectivity index (χ0n) is 11.4. The van der Waals surface area contributed by atoms with Crippen molar-refractivity contribution >= 4 is 17.1 Å². The fourth-order valence-corrected chi connectivity index (χ4v) is 2.40. The van der Waals surface area contributed by atoms with Crippen LogP contribution in [0.2, 0.25) is 0 Å². The number of nitrogens with zero attached hydrogens (tertiary/aromatic N) is 2. The van der Waals surface area contributed by atoms with Crippen molar-refractivity contribution in [3.8, 4) is 0 Å². The second kappa shape index (κ2) is 5.07. The molecule has 23 heavy (non-hydrogen) atoms. The fourth-order valence-electron chi connectivity index (χ4n) is 2.40. The molecule has 8 N–H and O–H groups in total. The third kappa shape index (κ3) is 2.20. The van der Waals surface area contributed by atoms with Crippen molar-refractivity contribution in [1.82, 2.24) is 19.9 Å². The standard InChI is InChI=1S/C11H13N5O7/c12-10-15-7-3(8(20)16-10)13-5(9(21)14-7)11(22)6(19)4(18)2(1-17)23-11/h2,4,6,17-19,22H,1H2,(H4,12,14,15,16,20,21)/t2-,4-,6-,11+/m1/s1. The molecular formula is C11H13N5O7. The number of aliphatic hydroxyl groups is 4. The van der Waals surface area contributed by atoms with E-state index in [9.17, 15) is 24.9 Å². The van der Waals surface area contributed by atoms with Crippen LogP contribution in [0.3, 0.4) is 0 Å². The van der Waals surface area contributed by atoms with Crippen LogP contribution in [0.4, 0.5) is 5.95 Å².